The number of allylic oxidation sites excluding steroid dienone is 2. The molecule has 10 heteroatoms. The topological polar surface area (TPSA) is 176 Å². The largest absolute Gasteiger partial charge is 0.481 e. The maximum Gasteiger partial charge on any atom is 0.311 e. The van der Waals surface area contributed by atoms with Crippen LogP contribution in [-0.4, -0.2) is 56.4 Å². The van der Waals surface area contributed by atoms with E-state index in [-0.39, 0.29) is 6.42 Å². The lowest BCUT2D eigenvalue weighted by Crippen LogP contribution is -2.43. The normalized spacial score (nSPS) is 13.6. The molecular formula is C27H44O10. The van der Waals surface area contributed by atoms with Crippen LogP contribution in [0.2, 0.25) is 0 Å². The summed E-state index contributed by atoms with van der Waals surface area (Å²) in [6, 6.07) is 0. The first-order valence-electron chi connectivity index (χ1n) is 13.3. The van der Waals surface area contributed by atoms with Gasteiger partial charge < -0.3 is 25.2 Å². The van der Waals surface area contributed by atoms with Gasteiger partial charge in [0.15, 0.2) is 0 Å². The Kier molecular flexibility index (Phi) is 19.5. The van der Waals surface area contributed by atoms with Gasteiger partial charge in [0.2, 0.25) is 0 Å². The lowest BCUT2D eigenvalue weighted by molar-refractivity contribution is -0.171. The van der Waals surface area contributed by atoms with Crippen LogP contribution in [0.25, 0.3) is 0 Å². The van der Waals surface area contributed by atoms with Crippen LogP contribution in [0.1, 0.15) is 110 Å². The summed E-state index contributed by atoms with van der Waals surface area (Å²) >= 11 is 0. The summed E-state index contributed by atoms with van der Waals surface area (Å²) in [6.45, 7) is 2.21. The van der Waals surface area contributed by atoms with Crippen LogP contribution in [0.3, 0.4) is 0 Å². The number of esters is 1. The molecule has 4 N–H and O–H groups in total. The highest BCUT2D eigenvalue weighted by atomic mass is 16.5. The number of carboxylic acid groups (broad SMARTS) is 4. The molecule has 0 spiro atoms. The van der Waals surface area contributed by atoms with Gasteiger partial charge in [0.05, 0.1) is 18.8 Å². The van der Waals surface area contributed by atoms with E-state index in [1.165, 1.54) is 38.5 Å². The van der Waals surface area contributed by atoms with Gasteiger partial charge in [0.25, 0.3) is 0 Å². The average Bonchev–Trinajstić information content (AvgIpc) is 2.80. The summed E-state index contributed by atoms with van der Waals surface area (Å²) in [5.74, 6) is -11.3. The van der Waals surface area contributed by atoms with Gasteiger partial charge >= 0.3 is 29.8 Å². The summed E-state index contributed by atoms with van der Waals surface area (Å²) in [4.78, 5) is 57.6. The van der Waals surface area contributed by atoms with E-state index in [4.69, 9.17) is 14.9 Å². The Hall–Kier alpha value is -2.91. The maximum absolute atomic E-state index is 12.2. The van der Waals surface area contributed by atoms with Gasteiger partial charge in [-0.25, -0.2) is 0 Å². The first kappa shape index (κ1) is 34.1. The number of aliphatic carboxylic acids is 4. The lowest BCUT2D eigenvalue weighted by atomic mass is 9.83. The monoisotopic (exact) mass is 528 g/mol. The first-order valence-corrected chi connectivity index (χ1v) is 13.3. The van der Waals surface area contributed by atoms with Crippen molar-refractivity contribution in [2.24, 2.45) is 11.8 Å². The van der Waals surface area contributed by atoms with Gasteiger partial charge in [-0.1, -0.05) is 70.4 Å². The van der Waals surface area contributed by atoms with E-state index in [0.717, 1.165) is 38.5 Å². The second-order valence-corrected chi connectivity index (χ2v) is 9.37. The molecule has 0 saturated carbocycles. The fourth-order valence-electron chi connectivity index (χ4n) is 4.13. The van der Waals surface area contributed by atoms with Gasteiger partial charge in [-0.05, 0) is 32.1 Å². The van der Waals surface area contributed by atoms with Crippen molar-refractivity contribution in [3.05, 3.63) is 12.2 Å². The molecule has 0 bridgehead atoms. The van der Waals surface area contributed by atoms with Crippen molar-refractivity contribution in [1.82, 2.24) is 0 Å². The van der Waals surface area contributed by atoms with Crippen LogP contribution in [0.4, 0.5) is 0 Å². The number of hydrogen-bond acceptors (Lipinski definition) is 6. The first-order chi connectivity index (χ1) is 17.6. The van der Waals surface area contributed by atoms with Gasteiger partial charge in [-0.2, -0.15) is 0 Å². The van der Waals surface area contributed by atoms with E-state index in [0.29, 0.717) is 6.42 Å². The molecule has 0 aliphatic heterocycles. The van der Waals surface area contributed by atoms with Crippen LogP contribution in [0, 0.1) is 11.8 Å². The molecule has 0 rings (SSSR count). The highest BCUT2D eigenvalue weighted by Crippen LogP contribution is 2.26. The second kappa shape index (κ2) is 21.2. The third-order valence-corrected chi connectivity index (χ3v) is 6.13. The van der Waals surface area contributed by atoms with E-state index in [1.807, 2.05) is 0 Å². The molecule has 37 heavy (non-hydrogen) atoms. The SMILES string of the molecule is CCCCCCCCC=CCCCCCCCC(=O)OC(CC(=O)O)C(C(=O)O)C(CC(=O)O)C(=O)O. The van der Waals surface area contributed by atoms with E-state index in [9.17, 15) is 34.2 Å². The van der Waals surface area contributed by atoms with Crippen LogP contribution in [0.15, 0.2) is 12.2 Å². The Morgan fingerprint density at radius 2 is 1.14 bits per heavy atom. The number of rotatable bonds is 24. The summed E-state index contributed by atoms with van der Waals surface area (Å²) in [5, 5.41) is 36.8. The zero-order chi connectivity index (χ0) is 28.1. The fraction of sp³-hybridized carbons (Fsp3) is 0.741. The smallest absolute Gasteiger partial charge is 0.311 e. The second-order valence-electron chi connectivity index (χ2n) is 9.37. The Balaban J connectivity index is 4.39. The molecule has 10 nitrogen and oxygen atoms in total. The van der Waals surface area contributed by atoms with Crippen molar-refractivity contribution in [3.63, 3.8) is 0 Å². The Morgan fingerprint density at radius 3 is 1.59 bits per heavy atom. The Morgan fingerprint density at radius 1 is 0.649 bits per heavy atom. The number of ether oxygens (including phenoxy) is 1. The maximum atomic E-state index is 12.2. The van der Waals surface area contributed by atoms with Crippen molar-refractivity contribution in [2.45, 2.75) is 116 Å². The number of unbranched alkanes of at least 4 members (excludes halogenated alkanes) is 11. The molecule has 0 aromatic rings. The molecule has 0 aliphatic rings. The van der Waals surface area contributed by atoms with Crippen LogP contribution >= 0.6 is 0 Å². The molecule has 0 heterocycles. The van der Waals surface area contributed by atoms with Crippen molar-refractivity contribution >= 4 is 29.8 Å². The number of carboxylic acids is 4. The predicted octanol–water partition coefficient (Wildman–Crippen LogP) is 5.29. The minimum atomic E-state index is -2.01. The van der Waals surface area contributed by atoms with E-state index in [1.54, 1.807) is 0 Å². The van der Waals surface area contributed by atoms with Gasteiger partial charge in [0.1, 0.15) is 12.0 Å². The molecule has 3 unspecified atom stereocenters. The Labute approximate surface area is 219 Å². The third kappa shape index (κ3) is 18.1. The molecule has 0 aliphatic carbocycles. The molecule has 0 saturated heterocycles. The van der Waals surface area contributed by atoms with Crippen molar-refractivity contribution in [1.29, 1.82) is 0 Å². The standard InChI is InChI=1S/C27H44O10/c1-2-3-4-5-6-7-8-9-10-11-12-13-14-15-16-17-24(32)37-21(19-23(30)31)25(27(35)36)20(26(33)34)18-22(28)29/h9-10,20-21,25H,2-8,11-19H2,1H3,(H,28,29)(H,30,31)(H,33,34)(H,35,36). The number of carbonyl (C=O) groups excluding carboxylic acids is 1. The Bertz CT molecular complexity index is 731. The quantitative estimate of drug-likeness (QED) is 0.0731. The van der Waals surface area contributed by atoms with E-state index in [2.05, 4.69) is 19.1 Å². The summed E-state index contributed by atoms with van der Waals surface area (Å²) in [7, 11) is 0. The van der Waals surface area contributed by atoms with Gasteiger partial charge in [-0.15, -0.1) is 0 Å². The van der Waals surface area contributed by atoms with Crippen molar-refractivity contribution in [2.75, 3.05) is 0 Å². The third-order valence-electron chi connectivity index (χ3n) is 6.13. The molecule has 212 valence electrons. The molecule has 0 aromatic carbocycles. The molecule has 3 atom stereocenters. The van der Waals surface area contributed by atoms with E-state index < -0.39 is 60.6 Å². The predicted molar refractivity (Wildman–Crippen MR) is 136 cm³/mol. The minimum Gasteiger partial charge on any atom is -0.481 e. The molecule has 0 aromatic heterocycles. The average molecular weight is 529 g/mol. The molecule has 0 fully saturated rings. The molecule has 0 amide bonds. The number of carbonyl (C=O) groups is 5. The highest BCUT2D eigenvalue weighted by molar-refractivity contribution is 5.85. The summed E-state index contributed by atoms with van der Waals surface area (Å²) < 4.78 is 5.05. The molecule has 0 radical (unpaired) electrons. The van der Waals surface area contributed by atoms with Gasteiger partial charge in [0, 0.05) is 6.42 Å². The van der Waals surface area contributed by atoms with Crippen molar-refractivity contribution < 1.29 is 49.1 Å². The zero-order valence-electron chi connectivity index (χ0n) is 21.9. The minimum absolute atomic E-state index is 0.0721. The van der Waals surface area contributed by atoms with Crippen molar-refractivity contribution in [3.8, 4) is 0 Å². The summed E-state index contributed by atoms with van der Waals surface area (Å²) in [6.07, 6.45) is 14.5. The van der Waals surface area contributed by atoms with Gasteiger partial charge in [-0.3, -0.25) is 24.0 Å². The number of hydrogen-bond donors (Lipinski definition) is 4. The highest BCUT2D eigenvalue weighted by Gasteiger charge is 2.43. The fourth-order valence-corrected chi connectivity index (χ4v) is 4.13. The molecular weight excluding hydrogens is 484 g/mol. The van der Waals surface area contributed by atoms with E-state index >= 15 is 0 Å². The van der Waals surface area contributed by atoms with Crippen LogP contribution in [0.5, 0.6) is 0 Å². The van der Waals surface area contributed by atoms with Crippen LogP contribution < -0.4 is 0 Å². The summed E-state index contributed by atoms with van der Waals surface area (Å²) in [5.41, 5.74) is 0. The van der Waals surface area contributed by atoms with Crippen LogP contribution in [-0.2, 0) is 28.7 Å². The zero-order valence-corrected chi connectivity index (χ0v) is 21.9. The lowest BCUT2D eigenvalue weighted by Gasteiger charge is -2.26.